The first-order chi connectivity index (χ1) is 14.6. The third-order valence-corrected chi connectivity index (χ3v) is 4.70. The number of carbonyl (C=O) groups is 1. The molecule has 2 aromatic heterocycles. The molecule has 0 fully saturated rings. The minimum absolute atomic E-state index is 0.00262. The Bertz CT molecular complexity index is 1240. The number of benzene rings is 2. The molecular formula is C23H19N5O2. The lowest BCUT2D eigenvalue weighted by Gasteiger charge is -2.12. The van der Waals surface area contributed by atoms with Crippen LogP contribution in [0.4, 0.5) is 5.95 Å². The van der Waals surface area contributed by atoms with Gasteiger partial charge in [0.1, 0.15) is 6.33 Å². The van der Waals surface area contributed by atoms with Gasteiger partial charge in [0.25, 0.3) is 5.56 Å². The zero-order valence-corrected chi connectivity index (χ0v) is 16.3. The maximum Gasteiger partial charge on any atom is 0.255 e. The number of hydrogen-bond donors (Lipinski definition) is 1. The molecule has 0 radical (unpaired) electrons. The van der Waals surface area contributed by atoms with Gasteiger partial charge >= 0.3 is 0 Å². The second-order valence-corrected chi connectivity index (χ2v) is 6.65. The van der Waals surface area contributed by atoms with Gasteiger partial charge in [-0.3, -0.25) is 14.2 Å². The van der Waals surface area contributed by atoms with Crippen molar-refractivity contribution >= 4 is 11.7 Å². The number of carbonyl (C=O) groups excluding carboxylic acids is 1. The van der Waals surface area contributed by atoms with Crippen LogP contribution in [0.5, 0.6) is 0 Å². The smallest absolute Gasteiger partial charge is 0.255 e. The Kier molecular flexibility index (Phi) is 5.43. The van der Waals surface area contributed by atoms with Gasteiger partial charge in [0.2, 0.25) is 5.95 Å². The largest absolute Gasteiger partial charge is 0.348 e. The second-order valence-electron chi connectivity index (χ2n) is 6.65. The van der Waals surface area contributed by atoms with Crippen LogP contribution in [0.1, 0.15) is 10.4 Å². The van der Waals surface area contributed by atoms with Gasteiger partial charge in [-0.1, -0.05) is 54.6 Å². The molecule has 7 heteroatoms. The van der Waals surface area contributed by atoms with Crippen LogP contribution in [0, 0.1) is 0 Å². The van der Waals surface area contributed by atoms with E-state index in [2.05, 4.69) is 20.3 Å². The molecular weight excluding hydrogens is 378 g/mol. The summed E-state index contributed by atoms with van der Waals surface area (Å²) in [4.78, 5) is 37.8. The van der Waals surface area contributed by atoms with E-state index in [1.807, 2.05) is 48.5 Å². The number of anilines is 1. The molecule has 0 saturated heterocycles. The Morgan fingerprint density at radius 1 is 1.00 bits per heavy atom. The number of Topliss-reactive ketones (excluding diaryl/α,β-unsaturated/α-hetero) is 1. The SMILES string of the molecule is Cn1c(NCC(=O)c2ccccc2-c2ccccc2)nc(-c2ccncn2)cc1=O. The summed E-state index contributed by atoms with van der Waals surface area (Å²) in [5.74, 6) is 0.192. The number of nitrogens with one attached hydrogen (secondary N) is 1. The van der Waals surface area contributed by atoms with Crippen LogP contribution in [-0.4, -0.2) is 31.8 Å². The number of hydrogen-bond acceptors (Lipinski definition) is 6. The lowest BCUT2D eigenvalue weighted by molar-refractivity contribution is 0.101. The molecule has 0 amide bonds. The van der Waals surface area contributed by atoms with E-state index in [-0.39, 0.29) is 17.9 Å². The van der Waals surface area contributed by atoms with E-state index in [1.165, 1.54) is 17.0 Å². The summed E-state index contributed by atoms with van der Waals surface area (Å²) >= 11 is 0. The summed E-state index contributed by atoms with van der Waals surface area (Å²) in [6.45, 7) is -0.00262. The highest BCUT2D eigenvalue weighted by molar-refractivity contribution is 6.04. The van der Waals surface area contributed by atoms with Crippen molar-refractivity contribution in [2.75, 3.05) is 11.9 Å². The molecule has 30 heavy (non-hydrogen) atoms. The third kappa shape index (κ3) is 4.00. The van der Waals surface area contributed by atoms with Crippen LogP contribution in [0.15, 0.2) is 84.0 Å². The molecule has 2 heterocycles. The molecule has 0 aliphatic rings. The van der Waals surface area contributed by atoms with Crippen molar-refractivity contribution < 1.29 is 4.79 Å². The quantitative estimate of drug-likeness (QED) is 0.503. The van der Waals surface area contributed by atoms with Crippen LogP contribution in [-0.2, 0) is 7.05 Å². The van der Waals surface area contributed by atoms with Crippen molar-refractivity contribution in [1.29, 1.82) is 0 Å². The minimum Gasteiger partial charge on any atom is -0.348 e. The average molecular weight is 397 g/mol. The van der Waals surface area contributed by atoms with Gasteiger partial charge in [-0.15, -0.1) is 0 Å². The van der Waals surface area contributed by atoms with Crippen molar-refractivity contribution in [2.45, 2.75) is 0 Å². The van der Waals surface area contributed by atoms with Crippen molar-refractivity contribution in [3.8, 4) is 22.5 Å². The van der Waals surface area contributed by atoms with Gasteiger partial charge in [0.15, 0.2) is 5.78 Å². The van der Waals surface area contributed by atoms with Crippen LogP contribution >= 0.6 is 0 Å². The molecule has 0 saturated carbocycles. The van der Waals surface area contributed by atoms with Crippen molar-refractivity contribution in [3.63, 3.8) is 0 Å². The summed E-state index contributed by atoms with van der Waals surface area (Å²) in [5, 5.41) is 3.00. The van der Waals surface area contributed by atoms with E-state index in [0.29, 0.717) is 22.9 Å². The first kappa shape index (κ1) is 19.2. The topological polar surface area (TPSA) is 89.8 Å². The second kappa shape index (κ2) is 8.48. The van der Waals surface area contributed by atoms with Gasteiger partial charge in [-0.25, -0.2) is 15.0 Å². The van der Waals surface area contributed by atoms with E-state index < -0.39 is 0 Å². The van der Waals surface area contributed by atoms with Crippen LogP contribution < -0.4 is 10.9 Å². The number of aromatic nitrogens is 4. The molecule has 0 atom stereocenters. The molecule has 0 spiro atoms. The van der Waals surface area contributed by atoms with E-state index >= 15 is 0 Å². The molecule has 4 rings (SSSR count). The zero-order valence-electron chi connectivity index (χ0n) is 16.3. The summed E-state index contributed by atoms with van der Waals surface area (Å²) in [6, 6.07) is 20.3. The Morgan fingerprint density at radius 2 is 1.77 bits per heavy atom. The summed E-state index contributed by atoms with van der Waals surface area (Å²) in [5.41, 5.74) is 3.14. The lowest BCUT2D eigenvalue weighted by Crippen LogP contribution is -2.25. The molecule has 4 aromatic rings. The van der Waals surface area contributed by atoms with E-state index in [4.69, 9.17) is 0 Å². The highest BCUT2D eigenvalue weighted by Crippen LogP contribution is 2.24. The standard InChI is InChI=1S/C23H19N5O2/c1-28-22(30)13-20(19-11-12-24-15-26-19)27-23(28)25-14-21(29)18-10-6-5-9-17(18)16-7-3-2-4-8-16/h2-13,15H,14H2,1H3,(H,25,27). The molecule has 0 unspecified atom stereocenters. The fraction of sp³-hybridized carbons (Fsp3) is 0.0870. The zero-order chi connectivity index (χ0) is 20.9. The van der Waals surface area contributed by atoms with E-state index in [0.717, 1.165) is 11.1 Å². The first-order valence-corrected chi connectivity index (χ1v) is 9.39. The Balaban J connectivity index is 1.60. The van der Waals surface area contributed by atoms with Crippen molar-refractivity contribution in [3.05, 3.63) is 95.2 Å². The predicted octanol–water partition coefficient (Wildman–Crippen LogP) is 3.20. The fourth-order valence-electron chi connectivity index (χ4n) is 3.12. The number of nitrogens with zero attached hydrogens (tertiary/aromatic N) is 4. The molecule has 0 aliphatic heterocycles. The first-order valence-electron chi connectivity index (χ1n) is 9.39. The molecule has 1 N–H and O–H groups in total. The summed E-state index contributed by atoms with van der Waals surface area (Å²) < 4.78 is 1.36. The third-order valence-electron chi connectivity index (χ3n) is 4.70. The van der Waals surface area contributed by atoms with Gasteiger partial charge in [0, 0.05) is 24.9 Å². The Morgan fingerprint density at radius 3 is 2.53 bits per heavy atom. The van der Waals surface area contributed by atoms with E-state index in [9.17, 15) is 9.59 Å². The monoisotopic (exact) mass is 397 g/mol. The minimum atomic E-state index is -0.252. The number of ketones is 1. The predicted molar refractivity (Wildman–Crippen MR) is 115 cm³/mol. The van der Waals surface area contributed by atoms with Crippen LogP contribution in [0.3, 0.4) is 0 Å². The maximum absolute atomic E-state index is 13.0. The lowest BCUT2D eigenvalue weighted by atomic mass is 9.97. The normalized spacial score (nSPS) is 10.6. The fourth-order valence-corrected chi connectivity index (χ4v) is 3.12. The van der Waals surface area contributed by atoms with Crippen LogP contribution in [0.25, 0.3) is 22.5 Å². The molecule has 0 bridgehead atoms. The van der Waals surface area contributed by atoms with E-state index in [1.54, 1.807) is 25.4 Å². The van der Waals surface area contributed by atoms with Gasteiger partial charge in [-0.2, -0.15) is 0 Å². The summed E-state index contributed by atoms with van der Waals surface area (Å²) in [6.07, 6.45) is 2.98. The van der Waals surface area contributed by atoms with Crippen molar-refractivity contribution in [1.82, 2.24) is 19.5 Å². The van der Waals surface area contributed by atoms with Gasteiger partial charge in [0.05, 0.1) is 17.9 Å². The van der Waals surface area contributed by atoms with Crippen molar-refractivity contribution in [2.24, 2.45) is 7.05 Å². The average Bonchev–Trinajstić information content (AvgIpc) is 2.81. The molecule has 7 nitrogen and oxygen atoms in total. The highest BCUT2D eigenvalue weighted by Gasteiger charge is 2.14. The summed E-state index contributed by atoms with van der Waals surface area (Å²) in [7, 11) is 1.60. The number of rotatable bonds is 6. The Hall–Kier alpha value is -4.13. The van der Waals surface area contributed by atoms with Gasteiger partial charge in [-0.05, 0) is 17.2 Å². The van der Waals surface area contributed by atoms with Gasteiger partial charge < -0.3 is 5.32 Å². The highest BCUT2D eigenvalue weighted by atomic mass is 16.1. The molecule has 148 valence electrons. The maximum atomic E-state index is 13.0. The molecule has 2 aromatic carbocycles. The van der Waals surface area contributed by atoms with Crippen LogP contribution in [0.2, 0.25) is 0 Å². The Labute approximate surface area is 173 Å². The molecule has 0 aliphatic carbocycles.